The van der Waals surface area contributed by atoms with E-state index in [0.29, 0.717) is 6.61 Å². The molecular weight excluding hydrogens is 255 g/mol. The predicted molar refractivity (Wildman–Crippen MR) is 58.2 cm³/mol. The molecule has 0 fully saturated rings. The SMILES string of the molecule is COCC(C)OCC(O)CNCC(O)C(F)(F)F. The third kappa shape index (κ3) is 8.65. The summed E-state index contributed by atoms with van der Waals surface area (Å²) in [5.41, 5.74) is 0. The van der Waals surface area contributed by atoms with Crippen molar-refractivity contribution in [3.05, 3.63) is 0 Å². The second-order valence-corrected chi connectivity index (χ2v) is 3.97. The van der Waals surface area contributed by atoms with Gasteiger partial charge in [-0.15, -0.1) is 0 Å². The highest BCUT2D eigenvalue weighted by Gasteiger charge is 2.37. The molecule has 5 nitrogen and oxygen atoms in total. The highest BCUT2D eigenvalue weighted by atomic mass is 19.4. The van der Waals surface area contributed by atoms with Crippen LogP contribution in [0.1, 0.15) is 6.92 Å². The van der Waals surface area contributed by atoms with Crippen LogP contribution in [0.25, 0.3) is 0 Å². The number of aliphatic hydroxyl groups is 2. The fraction of sp³-hybridized carbons (Fsp3) is 1.00. The van der Waals surface area contributed by atoms with Crippen LogP contribution in [-0.4, -0.2) is 68.1 Å². The van der Waals surface area contributed by atoms with Crippen molar-refractivity contribution >= 4 is 0 Å². The summed E-state index contributed by atoms with van der Waals surface area (Å²) in [5.74, 6) is 0. The molecule has 3 atom stereocenters. The first-order chi connectivity index (χ1) is 8.27. The zero-order valence-electron chi connectivity index (χ0n) is 10.4. The fourth-order valence-electron chi connectivity index (χ4n) is 1.12. The van der Waals surface area contributed by atoms with E-state index in [9.17, 15) is 18.3 Å². The summed E-state index contributed by atoms with van der Waals surface area (Å²) in [7, 11) is 1.51. The topological polar surface area (TPSA) is 71.0 Å². The lowest BCUT2D eigenvalue weighted by atomic mass is 10.3. The van der Waals surface area contributed by atoms with Gasteiger partial charge in [-0.05, 0) is 6.92 Å². The van der Waals surface area contributed by atoms with Crippen molar-refractivity contribution in [2.45, 2.75) is 31.4 Å². The number of ether oxygens (including phenoxy) is 2. The van der Waals surface area contributed by atoms with Crippen LogP contribution in [0.4, 0.5) is 13.2 Å². The number of hydrogen-bond acceptors (Lipinski definition) is 5. The molecule has 0 rings (SSSR count). The molecule has 110 valence electrons. The van der Waals surface area contributed by atoms with E-state index in [1.54, 1.807) is 6.92 Å². The Morgan fingerprint density at radius 2 is 1.78 bits per heavy atom. The van der Waals surface area contributed by atoms with Crippen LogP contribution < -0.4 is 5.32 Å². The Bertz CT molecular complexity index is 216. The monoisotopic (exact) mass is 275 g/mol. The number of halogens is 3. The summed E-state index contributed by atoms with van der Waals surface area (Å²) >= 11 is 0. The molecule has 0 radical (unpaired) electrons. The molecule has 0 bridgehead atoms. The summed E-state index contributed by atoms with van der Waals surface area (Å²) in [4.78, 5) is 0. The molecule has 8 heteroatoms. The molecule has 0 spiro atoms. The van der Waals surface area contributed by atoms with Gasteiger partial charge in [-0.2, -0.15) is 13.2 Å². The molecule has 3 unspecified atom stereocenters. The molecule has 0 saturated heterocycles. The number of rotatable bonds is 9. The lowest BCUT2D eigenvalue weighted by Gasteiger charge is -2.18. The Balaban J connectivity index is 3.62. The number of alkyl halides is 3. The van der Waals surface area contributed by atoms with Gasteiger partial charge in [0.1, 0.15) is 0 Å². The molecule has 0 aromatic heterocycles. The van der Waals surface area contributed by atoms with Crippen LogP contribution in [0.15, 0.2) is 0 Å². The summed E-state index contributed by atoms with van der Waals surface area (Å²) < 4.78 is 45.7. The maximum atomic E-state index is 11.9. The summed E-state index contributed by atoms with van der Waals surface area (Å²) in [6, 6.07) is 0. The largest absolute Gasteiger partial charge is 0.415 e. The third-order valence-corrected chi connectivity index (χ3v) is 2.07. The van der Waals surface area contributed by atoms with Gasteiger partial charge in [0, 0.05) is 20.2 Å². The zero-order valence-corrected chi connectivity index (χ0v) is 10.4. The molecule has 0 aliphatic heterocycles. The minimum absolute atomic E-state index is 0.0142. The van der Waals surface area contributed by atoms with Gasteiger partial charge in [-0.3, -0.25) is 0 Å². The maximum Gasteiger partial charge on any atom is 0.415 e. The van der Waals surface area contributed by atoms with Crippen molar-refractivity contribution < 1.29 is 32.9 Å². The van der Waals surface area contributed by atoms with Crippen LogP contribution in [0.3, 0.4) is 0 Å². The van der Waals surface area contributed by atoms with Crippen LogP contribution in [0.5, 0.6) is 0 Å². The van der Waals surface area contributed by atoms with E-state index in [0.717, 1.165) is 0 Å². The number of methoxy groups -OCH3 is 1. The Kier molecular flexibility index (Phi) is 8.45. The van der Waals surface area contributed by atoms with Crippen molar-refractivity contribution in [1.82, 2.24) is 5.32 Å². The van der Waals surface area contributed by atoms with Crippen LogP contribution in [-0.2, 0) is 9.47 Å². The molecule has 0 saturated carbocycles. The standard InChI is InChI=1S/C10H20F3NO4/c1-7(5-17-2)18-6-8(15)3-14-4-9(16)10(11,12)13/h7-9,14-16H,3-6H2,1-2H3. The molecular formula is C10H20F3NO4. The molecule has 0 heterocycles. The van der Waals surface area contributed by atoms with E-state index < -0.39 is 24.9 Å². The van der Waals surface area contributed by atoms with E-state index in [2.05, 4.69) is 5.32 Å². The fourth-order valence-corrected chi connectivity index (χ4v) is 1.12. The molecule has 0 aliphatic carbocycles. The molecule has 0 aromatic carbocycles. The van der Waals surface area contributed by atoms with E-state index in [-0.39, 0.29) is 19.3 Å². The van der Waals surface area contributed by atoms with Gasteiger partial charge in [-0.25, -0.2) is 0 Å². The van der Waals surface area contributed by atoms with Gasteiger partial charge in [0.05, 0.1) is 25.4 Å². The molecule has 18 heavy (non-hydrogen) atoms. The van der Waals surface area contributed by atoms with Crippen molar-refractivity contribution in [1.29, 1.82) is 0 Å². The van der Waals surface area contributed by atoms with Crippen molar-refractivity contribution in [2.75, 3.05) is 33.4 Å². The van der Waals surface area contributed by atoms with Gasteiger partial charge in [0.25, 0.3) is 0 Å². The molecule has 3 N–H and O–H groups in total. The van der Waals surface area contributed by atoms with Crippen molar-refractivity contribution in [3.63, 3.8) is 0 Å². The highest BCUT2D eigenvalue weighted by molar-refractivity contribution is 4.69. The molecule has 0 aliphatic rings. The summed E-state index contributed by atoms with van der Waals surface area (Å²) in [6.45, 7) is 1.35. The second-order valence-electron chi connectivity index (χ2n) is 3.97. The Hall–Kier alpha value is -0.410. The first-order valence-corrected chi connectivity index (χ1v) is 5.51. The quantitative estimate of drug-likeness (QED) is 0.549. The first-order valence-electron chi connectivity index (χ1n) is 5.51. The minimum Gasteiger partial charge on any atom is -0.389 e. The Labute approximate surface area is 104 Å². The lowest BCUT2D eigenvalue weighted by molar-refractivity contribution is -0.202. The van der Waals surface area contributed by atoms with E-state index in [1.165, 1.54) is 7.11 Å². The summed E-state index contributed by atoms with van der Waals surface area (Å²) in [6.07, 6.45) is -8.23. The van der Waals surface area contributed by atoms with Crippen molar-refractivity contribution in [3.8, 4) is 0 Å². The summed E-state index contributed by atoms with van der Waals surface area (Å²) in [5, 5.41) is 20.4. The van der Waals surface area contributed by atoms with E-state index in [1.807, 2.05) is 0 Å². The van der Waals surface area contributed by atoms with Crippen LogP contribution in [0, 0.1) is 0 Å². The van der Waals surface area contributed by atoms with Crippen LogP contribution in [0.2, 0.25) is 0 Å². The maximum absolute atomic E-state index is 11.9. The van der Waals surface area contributed by atoms with Gasteiger partial charge < -0.3 is 25.0 Å². The second kappa shape index (κ2) is 8.65. The van der Waals surface area contributed by atoms with Crippen molar-refractivity contribution in [2.24, 2.45) is 0 Å². The lowest BCUT2D eigenvalue weighted by Crippen LogP contribution is -2.41. The first kappa shape index (κ1) is 17.6. The van der Waals surface area contributed by atoms with Crippen LogP contribution >= 0.6 is 0 Å². The van der Waals surface area contributed by atoms with Gasteiger partial charge >= 0.3 is 6.18 Å². The third-order valence-electron chi connectivity index (χ3n) is 2.07. The average Bonchev–Trinajstić information content (AvgIpc) is 2.25. The predicted octanol–water partition coefficient (Wildman–Crippen LogP) is -0.0884. The Morgan fingerprint density at radius 1 is 1.17 bits per heavy atom. The van der Waals surface area contributed by atoms with E-state index in [4.69, 9.17) is 14.6 Å². The average molecular weight is 275 g/mol. The molecule has 0 amide bonds. The van der Waals surface area contributed by atoms with Gasteiger partial charge in [0.2, 0.25) is 0 Å². The smallest absolute Gasteiger partial charge is 0.389 e. The number of hydrogen-bond donors (Lipinski definition) is 3. The highest BCUT2D eigenvalue weighted by Crippen LogP contribution is 2.19. The minimum atomic E-state index is -4.65. The van der Waals surface area contributed by atoms with Gasteiger partial charge in [0.15, 0.2) is 6.10 Å². The zero-order chi connectivity index (χ0) is 14.2. The van der Waals surface area contributed by atoms with Gasteiger partial charge in [-0.1, -0.05) is 0 Å². The number of nitrogens with one attached hydrogen (secondary N) is 1. The van der Waals surface area contributed by atoms with E-state index >= 15 is 0 Å². The number of aliphatic hydroxyl groups excluding tert-OH is 2. The molecule has 0 aromatic rings. The Morgan fingerprint density at radius 3 is 2.28 bits per heavy atom. The normalized spacial score (nSPS) is 17.5.